The van der Waals surface area contributed by atoms with Gasteiger partial charge in [0.25, 0.3) is 0 Å². The number of quaternary nitrogens is 1. The third-order valence-corrected chi connectivity index (χ3v) is 5.29. The van der Waals surface area contributed by atoms with Crippen LogP contribution in [-0.2, 0) is 16.1 Å². The Balaban J connectivity index is 1.52. The molecule has 1 amide bonds. The zero-order valence-corrected chi connectivity index (χ0v) is 16.2. The summed E-state index contributed by atoms with van der Waals surface area (Å²) in [6, 6.07) is 17.1. The monoisotopic (exact) mass is 393 g/mol. The van der Waals surface area contributed by atoms with E-state index in [1.807, 2.05) is 48.5 Å². The largest absolute Gasteiger partial charge is 0.370 e. The Labute approximate surface area is 168 Å². The van der Waals surface area contributed by atoms with Gasteiger partial charge in [0.2, 0.25) is 11.3 Å². The van der Waals surface area contributed by atoms with Gasteiger partial charge in [-0.2, -0.15) is 5.10 Å². The highest BCUT2D eigenvalue weighted by atomic mass is 16.5. The van der Waals surface area contributed by atoms with Crippen molar-refractivity contribution in [2.45, 2.75) is 12.6 Å². The van der Waals surface area contributed by atoms with Gasteiger partial charge < -0.3 is 15.0 Å². The minimum absolute atomic E-state index is 0.0581. The Morgan fingerprint density at radius 3 is 2.62 bits per heavy atom. The normalized spacial score (nSPS) is 15.9. The van der Waals surface area contributed by atoms with E-state index in [9.17, 15) is 9.59 Å². The second kappa shape index (κ2) is 8.98. The van der Waals surface area contributed by atoms with E-state index in [2.05, 4.69) is 10.4 Å². The Morgan fingerprint density at radius 2 is 1.83 bits per heavy atom. The van der Waals surface area contributed by atoms with Gasteiger partial charge in [-0.05, 0) is 17.7 Å². The van der Waals surface area contributed by atoms with Crippen molar-refractivity contribution in [3.8, 4) is 0 Å². The molecule has 7 nitrogen and oxygen atoms in total. The van der Waals surface area contributed by atoms with Crippen molar-refractivity contribution in [3.05, 3.63) is 76.6 Å². The molecule has 2 aromatic carbocycles. The fourth-order valence-electron chi connectivity index (χ4n) is 3.75. The lowest BCUT2D eigenvalue weighted by Crippen LogP contribution is -3.14. The molecule has 1 saturated heterocycles. The molecule has 150 valence electrons. The Hall–Kier alpha value is -3.03. The third-order valence-electron chi connectivity index (χ3n) is 5.29. The summed E-state index contributed by atoms with van der Waals surface area (Å²) in [6.07, 6.45) is 1.27. The van der Waals surface area contributed by atoms with E-state index >= 15 is 0 Å². The van der Waals surface area contributed by atoms with E-state index in [0.29, 0.717) is 10.9 Å². The molecular formula is C22H25N4O3+. The zero-order chi connectivity index (χ0) is 20.1. The molecule has 7 heteroatoms. The molecule has 0 unspecified atom stereocenters. The van der Waals surface area contributed by atoms with Gasteiger partial charge in [0.05, 0.1) is 24.9 Å². The summed E-state index contributed by atoms with van der Waals surface area (Å²) in [5, 5.41) is 7.90. The number of benzene rings is 2. The molecule has 2 N–H and O–H groups in total. The number of amides is 1. The number of hydrogen-bond donors (Lipinski definition) is 2. The number of nitrogens with zero attached hydrogens (tertiary/aromatic N) is 2. The molecule has 0 spiro atoms. The molecule has 0 radical (unpaired) electrons. The first-order chi connectivity index (χ1) is 14.2. The summed E-state index contributed by atoms with van der Waals surface area (Å²) < 4.78 is 7.03. The van der Waals surface area contributed by atoms with Crippen LogP contribution >= 0.6 is 0 Å². The summed E-state index contributed by atoms with van der Waals surface area (Å²) in [6.45, 7) is 4.23. The number of aromatic nitrogens is 2. The molecule has 1 fully saturated rings. The minimum Gasteiger partial charge on any atom is -0.370 e. The summed E-state index contributed by atoms with van der Waals surface area (Å²) in [7, 11) is 0. The standard InChI is InChI=1S/C22H24N4O3/c27-21-14-23-26(20-9-5-4-8-18(20)21)16-22(28)24-19(17-6-2-1-3-7-17)15-25-10-12-29-13-11-25/h1-9,14,19H,10-13,15-16H2,(H,24,28)/p+1/t19-/m0/s1. The molecule has 0 bridgehead atoms. The molecule has 0 aliphatic carbocycles. The van der Waals surface area contributed by atoms with Crippen molar-refractivity contribution in [1.29, 1.82) is 0 Å². The molecule has 1 aliphatic heterocycles. The van der Waals surface area contributed by atoms with E-state index in [1.165, 1.54) is 11.1 Å². The lowest BCUT2D eigenvalue weighted by Gasteiger charge is -2.28. The van der Waals surface area contributed by atoms with Crippen molar-refractivity contribution >= 4 is 16.8 Å². The van der Waals surface area contributed by atoms with Crippen LogP contribution in [-0.4, -0.2) is 48.5 Å². The summed E-state index contributed by atoms with van der Waals surface area (Å²) in [4.78, 5) is 26.3. The van der Waals surface area contributed by atoms with Crippen LogP contribution in [0.2, 0.25) is 0 Å². The van der Waals surface area contributed by atoms with Crippen LogP contribution in [0, 0.1) is 0 Å². The van der Waals surface area contributed by atoms with Crippen LogP contribution in [0.4, 0.5) is 0 Å². The third kappa shape index (κ3) is 4.70. The maximum atomic E-state index is 12.9. The molecule has 29 heavy (non-hydrogen) atoms. The molecule has 1 aliphatic rings. The smallest absolute Gasteiger partial charge is 0.242 e. The van der Waals surface area contributed by atoms with E-state index in [4.69, 9.17) is 4.74 Å². The van der Waals surface area contributed by atoms with Gasteiger partial charge in [-0.3, -0.25) is 14.3 Å². The molecular weight excluding hydrogens is 368 g/mol. The van der Waals surface area contributed by atoms with Crippen LogP contribution in [0.1, 0.15) is 11.6 Å². The number of fused-ring (bicyclic) bond motifs is 1. The topological polar surface area (TPSA) is 77.7 Å². The first kappa shape index (κ1) is 19.3. The predicted molar refractivity (Wildman–Crippen MR) is 110 cm³/mol. The number of morpholine rings is 1. The number of ether oxygens (including phenoxy) is 1. The maximum Gasteiger partial charge on any atom is 0.242 e. The fourth-order valence-corrected chi connectivity index (χ4v) is 3.75. The predicted octanol–water partition coefficient (Wildman–Crippen LogP) is 0.169. The van der Waals surface area contributed by atoms with Gasteiger partial charge in [-0.15, -0.1) is 0 Å². The highest BCUT2D eigenvalue weighted by Crippen LogP contribution is 2.12. The van der Waals surface area contributed by atoms with E-state index in [-0.39, 0.29) is 23.9 Å². The minimum atomic E-state index is -0.143. The van der Waals surface area contributed by atoms with Gasteiger partial charge in [0, 0.05) is 5.39 Å². The number of hydrogen-bond acceptors (Lipinski definition) is 4. The molecule has 1 aromatic heterocycles. The number of para-hydroxylation sites is 1. The van der Waals surface area contributed by atoms with Crippen molar-refractivity contribution in [2.24, 2.45) is 0 Å². The number of carbonyl (C=O) groups excluding carboxylic acids is 1. The van der Waals surface area contributed by atoms with Gasteiger partial charge in [0.15, 0.2) is 0 Å². The van der Waals surface area contributed by atoms with Gasteiger partial charge >= 0.3 is 0 Å². The highest BCUT2D eigenvalue weighted by Gasteiger charge is 2.23. The summed E-state index contributed by atoms with van der Waals surface area (Å²) in [5.41, 5.74) is 1.60. The number of nitrogens with one attached hydrogen (secondary N) is 2. The average Bonchev–Trinajstić information content (AvgIpc) is 2.77. The molecule has 4 rings (SSSR count). The zero-order valence-electron chi connectivity index (χ0n) is 16.2. The lowest BCUT2D eigenvalue weighted by molar-refractivity contribution is -0.909. The molecule has 2 heterocycles. The van der Waals surface area contributed by atoms with Crippen molar-refractivity contribution in [3.63, 3.8) is 0 Å². The quantitative estimate of drug-likeness (QED) is 0.626. The molecule has 0 saturated carbocycles. The average molecular weight is 393 g/mol. The van der Waals surface area contributed by atoms with Crippen LogP contribution in [0.5, 0.6) is 0 Å². The second-order valence-electron chi connectivity index (χ2n) is 7.28. The van der Waals surface area contributed by atoms with E-state index in [1.54, 1.807) is 10.7 Å². The second-order valence-corrected chi connectivity index (χ2v) is 7.28. The SMILES string of the molecule is O=C(Cn1ncc(=O)c2ccccc21)N[C@@H](C[NH+]1CCOCC1)c1ccccc1. The van der Waals surface area contributed by atoms with Crippen LogP contribution in [0.25, 0.3) is 10.9 Å². The van der Waals surface area contributed by atoms with Crippen LogP contribution in [0.15, 0.2) is 65.6 Å². The van der Waals surface area contributed by atoms with E-state index in [0.717, 1.165) is 38.4 Å². The van der Waals surface area contributed by atoms with Gasteiger partial charge in [0.1, 0.15) is 32.2 Å². The van der Waals surface area contributed by atoms with Crippen LogP contribution in [0.3, 0.4) is 0 Å². The van der Waals surface area contributed by atoms with Crippen molar-refractivity contribution < 1.29 is 14.4 Å². The number of rotatable bonds is 6. The Bertz CT molecular complexity index is 1030. The Morgan fingerprint density at radius 1 is 1.10 bits per heavy atom. The maximum absolute atomic E-state index is 12.9. The first-order valence-corrected chi connectivity index (χ1v) is 9.91. The van der Waals surface area contributed by atoms with Crippen molar-refractivity contribution in [2.75, 3.05) is 32.8 Å². The molecule has 1 atom stereocenters. The van der Waals surface area contributed by atoms with Gasteiger partial charge in [-0.25, -0.2) is 0 Å². The first-order valence-electron chi connectivity index (χ1n) is 9.91. The highest BCUT2D eigenvalue weighted by molar-refractivity contribution is 5.81. The van der Waals surface area contributed by atoms with Crippen LogP contribution < -0.4 is 15.6 Å². The summed E-state index contributed by atoms with van der Waals surface area (Å²) in [5.74, 6) is -0.132. The number of carbonyl (C=O) groups is 1. The van der Waals surface area contributed by atoms with E-state index < -0.39 is 0 Å². The fraction of sp³-hybridized carbons (Fsp3) is 0.318. The van der Waals surface area contributed by atoms with Gasteiger partial charge in [-0.1, -0.05) is 42.5 Å². The van der Waals surface area contributed by atoms with Crippen molar-refractivity contribution in [1.82, 2.24) is 15.1 Å². The lowest BCUT2D eigenvalue weighted by atomic mass is 10.1. The Kier molecular flexibility index (Phi) is 5.97. The molecule has 3 aromatic rings. The summed E-state index contributed by atoms with van der Waals surface area (Å²) >= 11 is 0.